The molecule has 0 spiro atoms. The summed E-state index contributed by atoms with van der Waals surface area (Å²) in [5.41, 5.74) is 2.78. The van der Waals surface area contributed by atoms with Crippen molar-refractivity contribution in [1.29, 1.82) is 0 Å². The molecule has 2 aromatic heterocycles. The third-order valence-corrected chi connectivity index (χ3v) is 5.41. The topological polar surface area (TPSA) is 99.8 Å². The van der Waals surface area contributed by atoms with Crippen molar-refractivity contribution < 1.29 is 15.0 Å². The van der Waals surface area contributed by atoms with Crippen molar-refractivity contribution in [3.63, 3.8) is 0 Å². The predicted molar refractivity (Wildman–Crippen MR) is 119 cm³/mol. The maximum atomic E-state index is 12.8. The molecule has 1 amide bonds. The van der Waals surface area contributed by atoms with Crippen molar-refractivity contribution in [3.05, 3.63) is 83.6 Å². The van der Waals surface area contributed by atoms with Crippen LogP contribution in [0.3, 0.4) is 0 Å². The van der Waals surface area contributed by atoms with Gasteiger partial charge in [0.25, 0.3) is 5.91 Å². The van der Waals surface area contributed by atoms with E-state index >= 15 is 0 Å². The van der Waals surface area contributed by atoms with Crippen molar-refractivity contribution in [2.45, 2.75) is 32.5 Å². The molecule has 1 unspecified atom stereocenters. The fourth-order valence-electron chi connectivity index (χ4n) is 3.36. The number of hydrogen-bond donors (Lipinski definition) is 3. The molecule has 7 heteroatoms. The molecule has 2 aromatic carbocycles. The predicted octanol–water partition coefficient (Wildman–Crippen LogP) is 3.55. The minimum atomic E-state index is -1.40. The van der Waals surface area contributed by atoms with E-state index in [1.807, 2.05) is 43.3 Å². The number of carbonyl (C=O) groups excluding carboxylic acids is 1. The van der Waals surface area contributed by atoms with Crippen molar-refractivity contribution in [2.24, 2.45) is 0 Å². The molecule has 2 heterocycles. The lowest BCUT2D eigenvalue weighted by atomic mass is 9.90. The van der Waals surface area contributed by atoms with Crippen LogP contribution in [0.15, 0.2) is 66.7 Å². The van der Waals surface area contributed by atoms with Crippen LogP contribution in [0.2, 0.25) is 0 Å². The van der Waals surface area contributed by atoms with Crippen molar-refractivity contribution in [3.8, 4) is 11.3 Å². The molecule has 0 radical (unpaired) electrons. The Morgan fingerprint density at radius 1 is 1.10 bits per heavy atom. The van der Waals surface area contributed by atoms with Gasteiger partial charge in [0.15, 0.2) is 5.65 Å². The Morgan fingerprint density at radius 3 is 2.42 bits per heavy atom. The Kier molecular flexibility index (Phi) is 5.31. The lowest BCUT2D eigenvalue weighted by Crippen LogP contribution is -2.34. The number of nitrogens with one attached hydrogen (secondary N) is 1. The Labute approximate surface area is 180 Å². The second kappa shape index (κ2) is 7.94. The highest BCUT2D eigenvalue weighted by Crippen LogP contribution is 2.26. The number of nitrogens with zero attached hydrogens (tertiary/aromatic N) is 3. The van der Waals surface area contributed by atoms with Crippen LogP contribution in [0.4, 0.5) is 5.82 Å². The number of fused-ring (bicyclic) bond motifs is 1. The van der Waals surface area contributed by atoms with E-state index in [2.05, 4.69) is 15.4 Å². The Bertz CT molecular complexity index is 1230. The molecule has 158 valence electrons. The number of aryl methyl sites for hydroxylation is 1. The van der Waals surface area contributed by atoms with Gasteiger partial charge in [-0.1, -0.05) is 42.5 Å². The zero-order valence-electron chi connectivity index (χ0n) is 17.6. The monoisotopic (exact) mass is 416 g/mol. The molecule has 4 aromatic rings. The van der Waals surface area contributed by atoms with E-state index < -0.39 is 11.7 Å². The number of carbonyl (C=O) groups is 1. The molecule has 3 N–H and O–H groups in total. The van der Waals surface area contributed by atoms with Crippen LogP contribution >= 0.6 is 0 Å². The molecule has 0 fully saturated rings. The van der Waals surface area contributed by atoms with Crippen LogP contribution in [-0.4, -0.2) is 36.8 Å². The van der Waals surface area contributed by atoms with E-state index in [-0.39, 0.29) is 5.91 Å². The molecule has 2 atom stereocenters. The lowest BCUT2D eigenvalue weighted by molar-refractivity contribution is -0.0569. The van der Waals surface area contributed by atoms with Gasteiger partial charge < -0.3 is 15.5 Å². The zero-order valence-corrected chi connectivity index (χ0v) is 17.6. The largest absolute Gasteiger partial charge is 0.390 e. The van der Waals surface area contributed by atoms with Gasteiger partial charge >= 0.3 is 0 Å². The highest BCUT2D eigenvalue weighted by atomic mass is 16.3. The molecule has 0 bridgehead atoms. The van der Waals surface area contributed by atoms with Gasteiger partial charge in [-0.15, -0.1) is 0 Å². The molecule has 31 heavy (non-hydrogen) atoms. The maximum Gasteiger partial charge on any atom is 0.256 e. The van der Waals surface area contributed by atoms with E-state index in [0.717, 1.165) is 17.0 Å². The quantitative estimate of drug-likeness (QED) is 0.462. The SMILES string of the molecule is Cc1cc2nc(NC(=O)c3ccc([C@](C)(O)C(C)O)cc3)cc(-c3ccccc3)n2n1. The smallest absolute Gasteiger partial charge is 0.256 e. The third kappa shape index (κ3) is 4.05. The first-order valence-corrected chi connectivity index (χ1v) is 10.0. The average molecular weight is 416 g/mol. The van der Waals surface area contributed by atoms with Crippen LogP contribution in [0.5, 0.6) is 0 Å². The number of rotatable bonds is 5. The summed E-state index contributed by atoms with van der Waals surface area (Å²) in [6.07, 6.45) is -0.946. The number of aliphatic hydroxyl groups is 2. The fraction of sp³-hybridized carbons (Fsp3) is 0.208. The molecule has 0 aliphatic rings. The molecule has 0 aliphatic heterocycles. The van der Waals surface area contributed by atoms with Crippen molar-refractivity contribution in [2.75, 3.05) is 5.32 Å². The van der Waals surface area contributed by atoms with Crippen molar-refractivity contribution in [1.82, 2.24) is 14.6 Å². The normalized spacial score (nSPS) is 14.2. The van der Waals surface area contributed by atoms with Gasteiger partial charge in [-0.25, -0.2) is 9.50 Å². The number of anilines is 1. The van der Waals surface area contributed by atoms with Gasteiger partial charge in [0.05, 0.1) is 17.5 Å². The molecule has 4 rings (SSSR count). The van der Waals surface area contributed by atoms with Gasteiger partial charge in [0, 0.05) is 23.3 Å². The molecule has 0 saturated carbocycles. The summed E-state index contributed by atoms with van der Waals surface area (Å²) in [5, 5.41) is 27.5. The molecular formula is C24H24N4O3. The maximum absolute atomic E-state index is 12.8. The fourth-order valence-corrected chi connectivity index (χ4v) is 3.36. The number of aromatic nitrogens is 3. The van der Waals surface area contributed by atoms with Gasteiger partial charge in [-0.3, -0.25) is 4.79 Å². The standard InChI is InChI=1S/C24H24N4O3/c1-15-13-22-25-21(14-20(28(22)27-15)17-7-5-4-6-8-17)26-23(30)18-9-11-19(12-10-18)24(3,31)16(2)29/h4-14,16,29,31H,1-3H3,(H,25,26,30)/t16?,24-/m1/s1. The number of benzene rings is 2. The summed E-state index contributed by atoms with van der Waals surface area (Å²) in [5.74, 6) is 0.0895. The van der Waals surface area contributed by atoms with E-state index in [1.165, 1.54) is 13.8 Å². The second-order valence-corrected chi connectivity index (χ2v) is 7.80. The lowest BCUT2D eigenvalue weighted by Gasteiger charge is -2.27. The Morgan fingerprint density at radius 2 is 1.77 bits per heavy atom. The van der Waals surface area contributed by atoms with E-state index in [4.69, 9.17) is 0 Å². The molecule has 0 saturated heterocycles. The molecule has 0 aliphatic carbocycles. The van der Waals surface area contributed by atoms with Crippen LogP contribution in [-0.2, 0) is 5.60 Å². The summed E-state index contributed by atoms with van der Waals surface area (Å²) in [4.78, 5) is 17.3. The summed E-state index contributed by atoms with van der Waals surface area (Å²) in [7, 11) is 0. The van der Waals surface area contributed by atoms with Gasteiger partial charge in [0.1, 0.15) is 11.4 Å². The second-order valence-electron chi connectivity index (χ2n) is 7.80. The molecular weight excluding hydrogens is 392 g/mol. The summed E-state index contributed by atoms with van der Waals surface area (Å²) in [6.45, 7) is 4.95. The minimum Gasteiger partial charge on any atom is -0.390 e. The van der Waals surface area contributed by atoms with Crippen LogP contribution in [0.25, 0.3) is 16.9 Å². The first kappa shape index (κ1) is 20.7. The van der Waals surface area contributed by atoms with Crippen molar-refractivity contribution >= 4 is 17.4 Å². The van der Waals surface area contributed by atoms with Gasteiger partial charge in [0.2, 0.25) is 0 Å². The Hall–Kier alpha value is -3.55. The highest BCUT2D eigenvalue weighted by Gasteiger charge is 2.29. The number of hydrogen-bond acceptors (Lipinski definition) is 5. The van der Waals surface area contributed by atoms with Gasteiger partial charge in [-0.2, -0.15) is 5.10 Å². The van der Waals surface area contributed by atoms with Crippen LogP contribution < -0.4 is 5.32 Å². The number of aliphatic hydroxyl groups excluding tert-OH is 1. The summed E-state index contributed by atoms with van der Waals surface area (Å²) < 4.78 is 1.76. The van der Waals surface area contributed by atoms with E-state index in [9.17, 15) is 15.0 Å². The average Bonchev–Trinajstić information content (AvgIpc) is 3.13. The van der Waals surface area contributed by atoms with Crippen LogP contribution in [0, 0.1) is 6.92 Å². The van der Waals surface area contributed by atoms with Gasteiger partial charge in [-0.05, 0) is 38.5 Å². The third-order valence-electron chi connectivity index (χ3n) is 5.41. The number of amides is 1. The highest BCUT2D eigenvalue weighted by molar-refractivity contribution is 6.04. The Balaban J connectivity index is 1.65. The van der Waals surface area contributed by atoms with Crippen LogP contribution in [0.1, 0.15) is 35.5 Å². The molecule has 7 nitrogen and oxygen atoms in total. The summed E-state index contributed by atoms with van der Waals surface area (Å²) >= 11 is 0. The van der Waals surface area contributed by atoms with E-state index in [1.54, 1.807) is 34.8 Å². The van der Waals surface area contributed by atoms with E-state index in [0.29, 0.717) is 22.6 Å². The summed E-state index contributed by atoms with van der Waals surface area (Å²) in [6, 6.07) is 19.9. The first-order chi connectivity index (χ1) is 14.8. The zero-order chi connectivity index (χ0) is 22.2. The first-order valence-electron chi connectivity index (χ1n) is 10.0. The minimum absolute atomic E-state index is 0.324.